The Balaban J connectivity index is 1.98. The van der Waals surface area contributed by atoms with Crippen LogP contribution in [0.3, 0.4) is 0 Å². The number of benzene rings is 5. The molecular weight excluding hydrogens is 515 g/mol. The van der Waals surface area contributed by atoms with Crippen molar-refractivity contribution in [3.63, 3.8) is 0 Å². The normalized spacial score (nSPS) is 11.5. The molecule has 0 aliphatic carbocycles. The topological polar surface area (TPSA) is 26.3 Å². The number of rotatable bonds is 5. The second-order valence-corrected chi connectivity index (χ2v) is 12.3. The lowest BCUT2D eigenvalue weighted by molar-refractivity contribution is 0.408. The molecule has 0 spiro atoms. The highest BCUT2D eigenvalue weighted by molar-refractivity contribution is 9.10. The molecule has 5 aromatic carbocycles. The molecule has 0 aliphatic rings. The molecule has 0 amide bonds. The van der Waals surface area contributed by atoms with Crippen LogP contribution in [0.5, 0.6) is 5.75 Å². The minimum Gasteiger partial charge on any atom is -0.496 e. The highest BCUT2D eigenvalue weighted by Gasteiger charge is 2.34. The number of hydrogen-bond donors (Lipinski definition) is 0. The Hall–Kier alpha value is -3.13. The largest absolute Gasteiger partial charge is 0.496 e. The maximum Gasteiger partial charge on any atom is 0.171 e. The first kappa shape index (κ1) is 23.6. The fraction of sp³-hybridized carbons (Fsp3) is 0.0968. The van der Waals surface area contributed by atoms with E-state index in [9.17, 15) is 0 Å². The average molecular weight is 541 g/mol. The number of aryl methyl sites for hydroxylation is 1. The Morgan fingerprint density at radius 3 is 1.89 bits per heavy atom. The predicted octanol–water partition coefficient (Wildman–Crippen LogP) is 7.53. The SMILES string of the molecule is COc1c(C)cc(Br)c(-c2c(P(=O)(c3ccccc3)c3ccccc3)ccc3ccccc23)c1C. The van der Waals surface area contributed by atoms with Gasteiger partial charge < -0.3 is 9.30 Å². The summed E-state index contributed by atoms with van der Waals surface area (Å²) in [4.78, 5) is 0. The van der Waals surface area contributed by atoms with Crippen LogP contribution in [0, 0.1) is 13.8 Å². The Bertz CT molecular complexity index is 1530. The van der Waals surface area contributed by atoms with E-state index in [-0.39, 0.29) is 0 Å². The van der Waals surface area contributed by atoms with E-state index in [0.29, 0.717) is 0 Å². The molecule has 0 radical (unpaired) electrons. The summed E-state index contributed by atoms with van der Waals surface area (Å²) < 4.78 is 22.2. The Labute approximate surface area is 215 Å². The molecule has 0 aromatic heterocycles. The van der Waals surface area contributed by atoms with Crippen LogP contribution < -0.4 is 20.7 Å². The molecule has 0 unspecified atom stereocenters. The van der Waals surface area contributed by atoms with Crippen molar-refractivity contribution in [1.29, 1.82) is 0 Å². The van der Waals surface area contributed by atoms with Gasteiger partial charge in [0.1, 0.15) is 5.75 Å². The van der Waals surface area contributed by atoms with Crippen LogP contribution in [0.2, 0.25) is 0 Å². The van der Waals surface area contributed by atoms with E-state index in [1.807, 2.05) is 79.7 Å². The molecule has 5 aromatic rings. The maximum atomic E-state index is 15.5. The van der Waals surface area contributed by atoms with Gasteiger partial charge in [0, 0.05) is 37.1 Å². The highest BCUT2D eigenvalue weighted by Crippen LogP contribution is 2.49. The van der Waals surface area contributed by atoms with Crippen molar-refractivity contribution in [1.82, 2.24) is 0 Å². The van der Waals surface area contributed by atoms with Gasteiger partial charge in [0.15, 0.2) is 7.14 Å². The Morgan fingerprint density at radius 1 is 0.714 bits per heavy atom. The lowest BCUT2D eigenvalue weighted by atomic mass is 9.93. The Morgan fingerprint density at radius 2 is 1.29 bits per heavy atom. The van der Waals surface area contributed by atoms with Gasteiger partial charge in [-0.2, -0.15) is 0 Å². The molecule has 35 heavy (non-hydrogen) atoms. The molecule has 0 atom stereocenters. The zero-order chi connectivity index (χ0) is 24.6. The summed E-state index contributed by atoms with van der Waals surface area (Å²) >= 11 is 3.85. The quantitative estimate of drug-likeness (QED) is 0.215. The number of halogens is 1. The number of methoxy groups -OCH3 is 1. The van der Waals surface area contributed by atoms with E-state index in [0.717, 1.165) is 59.2 Å². The molecule has 0 bridgehead atoms. The smallest absolute Gasteiger partial charge is 0.171 e. The molecule has 0 N–H and O–H groups in total. The zero-order valence-corrected chi connectivity index (χ0v) is 22.4. The first-order valence-corrected chi connectivity index (χ1v) is 14.0. The summed E-state index contributed by atoms with van der Waals surface area (Å²) in [7, 11) is -1.52. The lowest BCUT2D eigenvalue weighted by Gasteiger charge is -2.26. The molecular formula is C31H26BrO2P. The number of ether oxygens (including phenoxy) is 1. The highest BCUT2D eigenvalue weighted by atomic mass is 79.9. The molecule has 0 saturated heterocycles. The van der Waals surface area contributed by atoms with Crippen molar-refractivity contribution in [2.45, 2.75) is 13.8 Å². The third-order valence-corrected chi connectivity index (χ3v) is 10.3. The third-order valence-electron chi connectivity index (χ3n) is 6.60. The van der Waals surface area contributed by atoms with E-state index in [4.69, 9.17) is 4.74 Å². The molecule has 0 fully saturated rings. The van der Waals surface area contributed by atoms with Gasteiger partial charge in [0.2, 0.25) is 0 Å². The van der Waals surface area contributed by atoms with E-state index in [2.05, 4.69) is 53.2 Å². The summed E-state index contributed by atoms with van der Waals surface area (Å²) in [6.07, 6.45) is 0. The summed E-state index contributed by atoms with van der Waals surface area (Å²) in [5.41, 5.74) is 4.05. The standard InChI is InChI=1S/C31H26BrO2P/c1-21-20-27(32)29(22(2)31(21)34-3)30-26-17-11-10-12-23(26)18-19-28(30)35(33,24-13-6-4-7-14-24)25-15-8-5-9-16-25/h4-20H,1-3H3. The predicted molar refractivity (Wildman–Crippen MR) is 153 cm³/mol. The number of fused-ring (bicyclic) bond motifs is 1. The maximum absolute atomic E-state index is 15.5. The van der Waals surface area contributed by atoms with Gasteiger partial charge in [-0.25, -0.2) is 0 Å². The fourth-order valence-corrected chi connectivity index (χ4v) is 8.73. The van der Waals surface area contributed by atoms with Crippen molar-refractivity contribution in [2.75, 3.05) is 7.11 Å². The van der Waals surface area contributed by atoms with Crippen molar-refractivity contribution < 1.29 is 9.30 Å². The second-order valence-electron chi connectivity index (χ2n) is 8.67. The van der Waals surface area contributed by atoms with Gasteiger partial charge in [-0.05, 0) is 42.3 Å². The van der Waals surface area contributed by atoms with Crippen molar-refractivity contribution in [2.24, 2.45) is 0 Å². The fourth-order valence-electron chi connectivity index (χ4n) is 5.03. The first-order valence-electron chi connectivity index (χ1n) is 11.5. The van der Waals surface area contributed by atoms with Crippen molar-refractivity contribution in [3.8, 4) is 16.9 Å². The number of hydrogen-bond acceptors (Lipinski definition) is 2. The van der Waals surface area contributed by atoms with E-state index in [1.165, 1.54) is 0 Å². The average Bonchev–Trinajstić information content (AvgIpc) is 2.89. The third kappa shape index (κ3) is 3.93. The summed E-state index contributed by atoms with van der Waals surface area (Å²) in [5.74, 6) is 0.844. The summed E-state index contributed by atoms with van der Waals surface area (Å²) in [6, 6.07) is 34.2. The molecule has 2 nitrogen and oxygen atoms in total. The van der Waals surface area contributed by atoms with Crippen LogP contribution in [0.1, 0.15) is 11.1 Å². The van der Waals surface area contributed by atoms with Gasteiger partial charge in [0.25, 0.3) is 0 Å². The van der Waals surface area contributed by atoms with Crippen molar-refractivity contribution in [3.05, 3.63) is 119 Å². The lowest BCUT2D eigenvalue weighted by Crippen LogP contribution is -2.26. The van der Waals surface area contributed by atoms with Gasteiger partial charge in [-0.1, -0.05) is 107 Å². The van der Waals surface area contributed by atoms with Crippen LogP contribution in [0.25, 0.3) is 21.9 Å². The van der Waals surface area contributed by atoms with Crippen LogP contribution in [0.15, 0.2) is 108 Å². The van der Waals surface area contributed by atoms with Crippen LogP contribution in [-0.2, 0) is 4.57 Å². The van der Waals surface area contributed by atoms with Crippen LogP contribution >= 0.6 is 23.1 Å². The van der Waals surface area contributed by atoms with E-state index < -0.39 is 7.14 Å². The molecule has 0 aliphatic heterocycles. The van der Waals surface area contributed by atoms with Crippen LogP contribution in [0.4, 0.5) is 0 Å². The summed E-state index contributed by atoms with van der Waals surface area (Å²) in [5, 5.41) is 4.62. The molecule has 0 heterocycles. The van der Waals surface area contributed by atoms with Gasteiger partial charge in [-0.15, -0.1) is 0 Å². The molecule has 4 heteroatoms. The minimum absolute atomic E-state index is 0.815. The Kier molecular flexibility index (Phi) is 6.40. The summed E-state index contributed by atoms with van der Waals surface area (Å²) in [6.45, 7) is 4.12. The first-order chi connectivity index (χ1) is 17.0. The van der Waals surface area contributed by atoms with Gasteiger partial charge in [0.05, 0.1) is 7.11 Å². The monoisotopic (exact) mass is 540 g/mol. The zero-order valence-electron chi connectivity index (χ0n) is 20.0. The minimum atomic E-state index is -3.22. The van der Waals surface area contributed by atoms with Gasteiger partial charge >= 0.3 is 0 Å². The second kappa shape index (κ2) is 9.49. The molecule has 5 rings (SSSR count). The van der Waals surface area contributed by atoms with E-state index >= 15 is 4.57 Å². The molecule has 0 saturated carbocycles. The van der Waals surface area contributed by atoms with E-state index in [1.54, 1.807) is 7.11 Å². The van der Waals surface area contributed by atoms with Gasteiger partial charge in [-0.3, -0.25) is 0 Å². The van der Waals surface area contributed by atoms with Crippen molar-refractivity contribution >= 4 is 49.8 Å². The van der Waals surface area contributed by atoms with Crippen LogP contribution in [-0.4, -0.2) is 7.11 Å². The molecule has 174 valence electrons.